The van der Waals surface area contributed by atoms with Crippen LogP contribution in [0.5, 0.6) is 0 Å². The Labute approximate surface area is 196 Å². The van der Waals surface area contributed by atoms with E-state index in [1.807, 2.05) is 0 Å². The summed E-state index contributed by atoms with van der Waals surface area (Å²) in [7, 11) is 0. The van der Waals surface area contributed by atoms with Gasteiger partial charge in [-0.15, -0.1) is 11.3 Å². The van der Waals surface area contributed by atoms with Crippen molar-refractivity contribution in [3.8, 4) is 0 Å². The number of hydrogen-bond donors (Lipinski definition) is 2. The predicted octanol–water partition coefficient (Wildman–Crippen LogP) is 4.39. The molecule has 0 saturated heterocycles. The minimum Gasteiger partial charge on any atom is -0.462 e. The number of carbonyl (C=O) groups is 4. The zero-order valence-electron chi connectivity index (χ0n) is 18.4. The molecule has 0 radical (unpaired) electrons. The Morgan fingerprint density at radius 2 is 1.74 bits per heavy atom. The smallest absolute Gasteiger partial charge is 0.454 e. The summed E-state index contributed by atoms with van der Waals surface area (Å²) in [6.45, 7) is 4.62. The molecular weight excluding hydrogens is 477 g/mol. The number of benzene rings is 1. The van der Waals surface area contributed by atoms with Crippen molar-refractivity contribution in [3.05, 3.63) is 58.1 Å². The third-order valence-electron chi connectivity index (χ3n) is 4.35. The second-order valence-corrected chi connectivity index (χ2v) is 7.94. The molecule has 0 saturated carbocycles. The maximum absolute atomic E-state index is 12.4. The van der Waals surface area contributed by atoms with Gasteiger partial charge in [-0.25, -0.2) is 9.59 Å². The maximum Gasteiger partial charge on any atom is 0.454 e. The van der Waals surface area contributed by atoms with Crippen LogP contribution < -0.4 is 10.6 Å². The van der Waals surface area contributed by atoms with Crippen LogP contribution in [0.3, 0.4) is 0 Å². The summed E-state index contributed by atoms with van der Waals surface area (Å²) in [6, 6.07) is 5.69. The molecule has 2 aromatic rings. The van der Waals surface area contributed by atoms with E-state index in [2.05, 4.69) is 10.6 Å². The largest absolute Gasteiger partial charge is 0.462 e. The summed E-state index contributed by atoms with van der Waals surface area (Å²) in [5.41, 5.74) is 0.870. The number of aryl methyl sites for hydroxylation is 1. The highest BCUT2D eigenvalue weighted by Crippen LogP contribution is 2.33. The fourth-order valence-electron chi connectivity index (χ4n) is 2.62. The molecule has 0 bridgehead atoms. The summed E-state index contributed by atoms with van der Waals surface area (Å²) in [6.07, 6.45) is -3.99. The van der Waals surface area contributed by atoms with Crippen molar-refractivity contribution >= 4 is 45.7 Å². The van der Waals surface area contributed by atoms with Crippen LogP contribution in [0, 0.1) is 13.8 Å². The van der Waals surface area contributed by atoms with Gasteiger partial charge in [-0.2, -0.15) is 13.2 Å². The Balaban J connectivity index is 2.04. The van der Waals surface area contributed by atoms with Crippen molar-refractivity contribution in [3.63, 3.8) is 0 Å². The molecular formula is C22H21F3N2O6S. The van der Waals surface area contributed by atoms with E-state index in [0.29, 0.717) is 5.56 Å². The molecule has 0 aliphatic heterocycles. The normalized spacial score (nSPS) is 11.2. The monoisotopic (exact) mass is 498 g/mol. The summed E-state index contributed by atoms with van der Waals surface area (Å²) < 4.78 is 46.9. The van der Waals surface area contributed by atoms with Crippen molar-refractivity contribution in [2.45, 2.75) is 26.9 Å². The molecule has 1 aromatic carbocycles. The standard InChI is InChI=1S/C22H21F3N2O6S/c1-4-32-21(31)18-12(2)13(3)34-19(18)27-17(29)11-33-20(30)14-7-5-6-8-15(14)26-10-9-16(28)22(23,24)25/h5-10,26H,4,11H2,1-3H3,(H,27,29). The van der Waals surface area contributed by atoms with Crippen LogP contribution in [0.15, 0.2) is 36.5 Å². The Bertz CT molecular complexity index is 1120. The highest BCUT2D eigenvalue weighted by atomic mass is 32.1. The van der Waals surface area contributed by atoms with Gasteiger partial charge >= 0.3 is 18.1 Å². The van der Waals surface area contributed by atoms with Gasteiger partial charge < -0.3 is 20.1 Å². The quantitative estimate of drug-likeness (QED) is 0.390. The third-order valence-corrected chi connectivity index (χ3v) is 5.47. The highest BCUT2D eigenvalue weighted by Gasteiger charge is 2.36. The van der Waals surface area contributed by atoms with E-state index < -0.39 is 36.4 Å². The number of ether oxygens (including phenoxy) is 2. The van der Waals surface area contributed by atoms with Gasteiger partial charge in [-0.1, -0.05) is 12.1 Å². The first kappa shape index (κ1) is 26.6. The minimum atomic E-state index is -5.02. The van der Waals surface area contributed by atoms with E-state index in [0.717, 1.165) is 11.1 Å². The number of esters is 2. The fraction of sp³-hybridized carbons (Fsp3) is 0.273. The van der Waals surface area contributed by atoms with E-state index in [-0.39, 0.29) is 34.5 Å². The molecule has 0 atom stereocenters. The Morgan fingerprint density at radius 3 is 2.38 bits per heavy atom. The number of hydrogen-bond acceptors (Lipinski definition) is 8. The number of rotatable bonds is 9. The number of anilines is 2. The summed E-state index contributed by atoms with van der Waals surface area (Å²) in [5, 5.41) is 5.20. The number of alkyl halides is 3. The predicted molar refractivity (Wildman–Crippen MR) is 119 cm³/mol. The molecule has 0 fully saturated rings. The molecule has 2 rings (SSSR count). The molecule has 1 amide bonds. The van der Waals surface area contributed by atoms with Gasteiger partial charge in [0.2, 0.25) is 0 Å². The molecule has 0 unspecified atom stereocenters. The summed E-state index contributed by atoms with van der Waals surface area (Å²) >= 11 is 1.17. The zero-order valence-corrected chi connectivity index (χ0v) is 19.2. The molecule has 2 N–H and O–H groups in total. The van der Waals surface area contributed by atoms with E-state index in [4.69, 9.17) is 9.47 Å². The van der Waals surface area contributed by atoms with Gasteiger partial charge in [0.15, 0.2) is 6.61 Å². The first-order valence-electron chi connectivity index (χ1n) is 9.83. The minimum absolute atomic E-state index is 0.0632. The van der Waals surface area contributed by atoms with Crippen molar-refractivity contribution in [2.24, 2.45) is 0 Å². The van der Waals surface area contributed by atoms with Crippen molar-refractivity contribution in [1.29, 1.82) is 0 Å². The first-order chi connectivity index (χ1) is 16.0. The van der Waals surface area contributed by atoms with Crippen molar-refractivity contribution in [1.82, 2.24) is 0 Å². The average molecular weight is 498 g/mol. The van der Waals surface area contributed by atoms with E-state index in [1.165, 1.54) is 35.6 Å². The molecule has 0 aliphatic rings. The molecule has 0 spiro atoms. The van der Waals surface area contributed by atoms with Crippen LogP contribution in [0.1, 0.15) is 38.1 Å². The number of amides is 1. The third kappa shape index (κ3) is 6.91. The van der Waals surface area contributed by atoms with Gasteiger partial charge in [-0.05, 0) is 38.5 Å². The average Bonchev–Trinajstić information content (AvgIpc) is 3.04. The number of para-hydroxylation sites is 1. The number of thiophene rings is 1. The maximum atomic E-state index is 12.4. The van der Waals surface area contributed by atoms with Crippen LogP contribution in [0.2, 0.25) is 0 Å². The van der Waals surface area contributed by atoms with Gasteiger partial charge in [0, 0.05) is 17.2 Å². The lowest BCUT2D eigenvalue weighted by Crippen LogP contribution is -2.22. The van der Waals surface area contributed by atoms with Crippen LogP contribution in [-0.4, -0.2) is 43.0 Å². The molecule has 34 heavy (non-hydrogen) atoms. The van der Waals surface area contributed by atoms with Crippen LogP contribution in [0.4, 0.5) is 23.9 Å². The van der Waals surface area contributed by atoms with E-state index in [9.17, 15) is 32.3 Å². The lowest BCUT2D eigenvalue weighted by Gasteiger charge is -2.10. The van der Waals surface area contributed by atoms with Gasteiger partial charge in [-0.3, -0.25) is 9.59 Å². The second-order valence-electron chi connectivity index (χ2n) is 6.72. The Morgan fingerprint density at radius 1 is 1.06 bits per heavy atom. The fourth-order valence-corrected chi connectivity index (χ4v) is 3.69. The molecule has 182 valence electrons. The Kier molecular flexibility index (Phi) is 8.96. The molecule has 12 heteroatoms. The number of halogens is 3. The van der Waals surface area contributed by atoms with Gasteiger partial charge in [0.1, 0.15) is 5.00 Å². The summed E-state index contributed by atoms with van der Waals surface area (Å²) in [5.74, 6) is -4.30. The van der Waals surface area contributed by atoms with Crippen LogP contribution >= 0.6 is 11.3 Å². The van der Waals surface area contributed by atoms with Gasteiger partial charge in [0.25, 0.3) is 11.7 Å². The lowest BCUT2D eigenvalue weighted by atomic mass is 10.1. The van der Waals surface area contributed by atoms with Crippen LogP contribution in [-0.2, 0) is 19.1 Å². The SMILES string of the molecule is CCOC(=O)c1c(NC(=O)COC(=O)c2ccccc2NC=CC(=O)C(F)(F)F)sc(C)c1C. The van der Waals surface area contributed by atoms with Crippen molar-refractivity contribution in [2.75, 3.05) is 23.8 Å². The van der Waals surface area contributed by atoms with Crippen LogP contribution in [0.25, 0.3) is 0 Å². The lowest BCUT2D eigenvalue weighted by molar-refractivity contribution is -0.165. The second kappa shape index (κ2) is 11.5. The number of carbonyl (C=O) groups excluding carboxylic acids is 4. The van der Waals surface area contributed by atoms with Gasteiger partial charge in [0.05, 0.1) is 23.4 Å². The molecule has 8 nitrogen and oxygen atoms in total. The number of ketones is 1. The number of allylic oxidation sites excluding steroid dienone is 1. The zero-order chi connectivity index (χ0) is 25.5. The van der Waals surface area contributed by atoms with E-state index in [1.54, 1.807) is 20.8 Å². The molecule has 1 heterocycles. The molecule has 1 aromatic heterocycles. The summed E-state index contributed by atoms with van der Waals surface area (Å²) in [4.78, 5) is 48.6. The topological polar surface area (TPSA) is 111 Å². The molecule has 0 aliphatic carbocycles. The first-order valence-corrected chi connectivity index (χ1v) is 10.6. The number of nitrogens with one attached hydrogen (secondary N) is 2. The van der Waals surface area contributed by atoms with Crippen molar-refractivity contribution < 1.29 is 41.8 Å². The van der Waals surface area contributed by atoms with E-state index >= 15 is 0 Å². The highest BCUT2D eigenvalue weighted by molar-refractivity contribution is 7.16. The Hall–Kier alpha value is -3.67.